The van der Waals surface area contributed by atoms with Gasteiger partial charge in [-0.3, -0.25) is 9.59 Å². The van der Waals surface area contributed by atoms with Gasteiger partial charge in [-0.2, -0.15) is 4.58 Å². The van der Waals surface area contributed by atoms with Crippen molar-refractivity contribution < 1.29 is 48.4 Å². The van der Waals surface area contributed by atoms with Crippen LogP contribution in [0.3, 0.4) is 0 Å². The zero-order valence-electron chi connectivity index (χ0n) is 17.2. The molecule has 3 rings (SSSR count). The molecule has 1 heterocycles. The number of nitrogens with zero attached hydrogens (tertiary/aromatic N) is 2. The predicted molar refractivity (Wildman–Crippen MR) is 113 cm³/mol. The number of carboxylic acid groups (broad SMARTS) is 2. The summed E-state index contributed by atoms with van der Waals surface area (Å²) in [7, 11) is 2.06. The molecule has 30 heavy (non-hydrogen) atoms. The highest BCUT2D eigenvalue weighted by molar-refractivity contribution is 6.05. The molecule has 0 atom stereocenters. The Labute approximate surface area is 193 Å². The predicted octanol–water partition coefficient (Wildman–Crippen LogP) is 0.386. The molecule has 0 unspecified atom stereocenters. The molecule has 1 aliphatic heterocycles. The van der Waals surface area contributed by atoms with Crippen molar-refractivity contribution >= 4 is 35.1 Å². The van der Waals surface area contributed by atoms with E-state index in [9.17, 15) is 9.59 Å². The zero-order valence-corrected chi connectivity index (χ0v) is 19.3. The van der Waals surface area contributed by atoms with E-state index in [0.29, 0.717) is 5.69 Å². The number of carboxylic acids is 2. The molecule has 158 valence electrons. The first-order valence-corrected chi connectivity index (χ1v) is 9.37. The quantitative estimate of drug-likeness (QED) is 0.408. The first-order chi connectivity index (χ1) is 13.7. The van der Waals surface area contributed by atoms with Crippen molar-refractivity contribution in [1.29, 1.82) is 0 Å². The maximum Gasteiger partial charge on any atom is 0.323 e. The summed E-state index contributed by atoms with van der Waals surface area (Å²) in [5.74, 6) is -2.14. The van der Waals surface area contributed by atoms with Gasteiger partial charge in [-0.25, -0.2) is 0 Å². The molecule has 7 heteroatoms. The summed E-state index contributed by atoms with van der Waals surface area (Å²) in [5.41, 5.74) is 5.07. The molecule has 6 nitrogen and oxygen atoms in total. The molecule has 2 aromatic carbocycles. The SMILES string of the molecule is C[N+]1=C(C=Cc2ccc(N(CC(=O)O)CC(=O)O)cc2)C(C)(C)c2ccccc21.[I-]. The van der Waals surface area contributed by atoms with Gasteiger partial charge in [0.1, 0.15) is 20.1 Å². The molecule has 2 N–H and O–H groups in total. The molecule has 0 radical (unpaired) electrons. The van der Waals surface area contributed by atoms with Crippen molar-refractivity contribution in [2.24, 2.45) is 0 Å². The van der Waals surface area contributed by atoms with E-state index in [0.717, 1.165) is 5.56 Å². The van der Waals surface area contributed by atoms with Gasteiger partial charge >= 0.3 is 11.9 Å². The van der Waals surface area contributed by atoms with Crippen LogP contribution in [0.15, 0.2) is 54.6 Å². The van der Waals surface area contributed by atoms with Crippen molar-refractivity contribution in [3.05, 3.63) is 65.7 Å². The average molecular weight is 520 g/mol. The van der Waals surface area contributed by atoms with E-state index in [1.54, 1.807) is 12.1 Å². The van der Waals surface area contributed by atoms with Crippen LogP contribution in [0.2, 0.25) is 0 Å². The lowest BCUT2D eigenvalue weighted by Crippen LogP contribution is -3.00. The number of anilines is 1. The second kappa shape index (κ2) is 9.42. The van der Waals surface area contributed by atoms with E-state index in [-0.39, 0.29) is 42.5 Å². The summed E-state index contributed by atoms with van der Waals surface area (Å²) in [6, 6.07) is 15.6. The summed E-state index contributed by atoms with van der Waals surface area (Å²) >= 11 is 0. The topological polar surface area (TPSA) is 80.8 Å². The minimum atomic E-state index is -1.07. The van der Waals surface area contributed by atoms with Gasteiger partial charge in [0.05, 0.1) is 5.41 Å². The van der Waals surface area contributed by atoms with Crippen LogP contribution in [-0.4, -0.2) is 52.6 Å². The first kappa shape index (κ1) is 23.6. The Morgan fingerprint density at radius 3 is 2.07 bits per heavy atom. The largest absolute Gasteiger partial charge is 1.00 e. The standard InChI is InChI=1S/C23H24N2O4.HI/c1-23(2)18-6-4-5-7-19(18)24(3)20(23)13-10-16-8-11-17(12-9-16)25(14-21(26)27)15-22(28)29;/h4-13H,14-15H2,1-3H3,(H-,26,27,28,29);1H. The van der Waals surface area contributed by atoms with E-state index >= 15 is 0 Å². The molecule has 0 saturated carbocycles. The van der Waals surface area contributed by atoms with Crippen LogP contribution in [0.5, 0.6) is 0 Å². The third-order valence-corrected chi connectivity index (χ3v) is 5.28. The van der Waals surface area contributed by atoms with Gasteiger partial charge in [-0.15, -0.1) is 0 Å². The number of para-hydroxylation sites is 1. The Morgan fingerprint density at radius 1 is 0.967 bits per heavy atom. The molecule has 2 aromatic rings. The summed E-state index contributed by atoms with van der Waals surface area (Å²) in [4.78, 5) is 23.3. The normalized spacial score (nSPS) is 14.4. The van der Waals surface area contributed by atoms with Gasteiger partial charge in [0.25, 0.3) is 0 Å². The Morgan fingerprint density at radius 2 is 1.53 bits per heavy atom. The molecular weight excluding hydrogens is 495 g/mol. The van der Waals surface area contributed by atoms with E-state index in [4.69, 9.17) is 10.2 Å². The van der Waals surface area contributed by atoms with Crippen molar-refractivity contribution in [3.8, 4) is 0 Å². The maximum absolute atomic E-state index is 11.0. The Kier molecular flexibility index (Phi) is 7.41. The molecule has 0 aliphatic carbocycles. The van der Waals surface area contributed by atoms with E-state index < -0.39 is 11.9 Å². The number of allylic oxidation sites excluding steroid dienone is 1. The Balaban J connectivity index is 0.00000320. The lowest BCUT2D eigenvalue weighted by atomic mass is 9.81. The Hall–Kier alpha value is -2.68. The summed E-state index contributed by atoms with van der Waals surface area (Å²) in [5, 5.41) is 18.0. The minimum absolute atomic E-state index is 0. The number of aliphatic carboxylic acids is 2. The molecule has 0 aromatic heterocycles. The van der Waals surface area contributed by atoms with E-state index in [1.165, 1.54) is 21.9 Å². The average Bonchev–Trinajstić information content (AvgIpc) is 2.86. The lowest BCUT2D eigenvalue weighted by molar-refractivity contribution is -0.401. The van der Waals surface area contributed by atoms with Gasteiger partial charge in [-0.05, 0) is 37.6 Å². The molecule has 0 spiro atoms. The first-order valence-electron chi connectivity index (χ1n) is 9.37. The molecule has 0 fully saturated rings. The fourth-order valence-electron chi connectivity index (χ4n) is 3.84. The van der Waals surface area contributed by atoms with Crippen molar-refractivity contribution in [2.75, 3.05) is 25.0 Å². The van der Waals surface area contributed by atoms with E-state index in [1.807, 2.05) is 24.3 Å². The van der Waals surface area contributed by atoms with Crippen molar-refractivity contribution in [1.82, 2.24) is 0 Å². The highest BCUT2D eigenvalue weighted by atomic mass is 127. The van der Waals surface area contributed by atoms with Gasteiger partial charge < -0.3 is 39.1 Å². The third kappa shape index (κ3) is 4.89. The fourth-order valence-corrected chi connectivity index (χ4v) is 3.84. The highest BCUT2D eigenvalue weighted by Gasteiger charge is 2.42. The zero-order chi connectivity index (χ0) is 21.2. The van der Waals surface area contributed by atoms with Crippen LogP contribution in [0.1, 0.15) is 25.0 Å². The molecule has 0 bridgehead atoms. The number of benzene rings is 2. The van der Waals surface area contributed by atoms with Crippen molar-refractivity contribution in [2.45, 2.75) is 19.3 Å². The number of hydrogen-bond donors (Lipinski definition) is 2. The molecular formula is C23H25IN2O4. The molecule has 1 aliphatic rings. The Bertz CT molecular complexity index is 994. The maximum atomic E-state index is 11.0. The molecule has 0 amide bonds. The number of hydrogen-bond acceptors (Lipinski definition) is 3. The van der Waals surface area contributed by atoms with Crippen LogP contribution < -0.4 is 28.9 Å². The van der Waals surface area contributed by atoms with Crippen LogP contribution >= 0.6 is 0 Å². The number of rotatable bonds is 7. The van der Waals surface area contributed by atoms with Gasteiger partial charge in [0, 0.05) is 23.4 Å². The second-order valence-electron chi connectivity index (χ2n) is 7.65. The van der Waals surface area contributed by atoms with Crippen molar-refractivity contribution in [3.63, 3.8) is 0 Å². The number of halogens is 1. The highest BCUT2D eigenvalue weighted by Crippen LogP contribution is 2.39. The lowest BCUT2D eigenvalue weighted by Gasteiger charge is -2.20. The monoisotopic (exact) mass is 520 g/mol. The summed E-state index contributed by atoms with van der Waals surface area (Å²) in [6.07, 6.45) is 4.11. The van der Waals surface area contributed by atoms with Gasteiger partial charge in [0.2, 0.25) is 5.69 Å². The fraction of sp³-hybridized carbons (Fsp3) is 0.261. The van der Waals surface area contributed by atoms with E-state index in [2.05, 4.69) is 49.7 Å². The smallest absolute Gasteiger partial charge is 0.323 e. The summed E-state index contributed by atoms with van der Waals surface area (Å²) < 4.78 is 2.20. The number of fused-ring (bicyclic) bond motifs is 1. The van der Waals surface area contributed by atoms with Gasteiger partial charge in [0.15, 0.2) is 5.71 Å². The van der Waals surface area contributed by atoms with Crippen LogP contribution in [-0.2, 0) is 15.0 Å². The second-order valence-corrected chi connectivity index (χ2v) is 7.65. The van der Waals surface area contributed by atoms with Crippen LogP contribution in [0.25, 0.3) is 6.08 Å². The van der Waals surface area contributed by atoms with Crippen LogP contribution in [0, 0.1) is 0 Å². The minimum Gasteiger partial charge on any atom is -1.00 e. The third-order valence-electron chi connectivity index (χ3n) is 5.28. The molecule has 0 saturated heterocycles. The van der Waals surface area contributed by atoms with Crippen LogP contribution in [0.4, 0.5) is 11.4 Å². The summed E-state index contributed by atoms with van der Waals surface area (Å²) in [6.45, 7) is 3.68. The van der Waals surface area contributed by atoms with Gasteiger partial charge in [-0.1, -0.05) is 30.3 Å². The number of carbonyl (C=O) groups is 2.